The van der Waals surface area contributed by atoms with Crippen molar-refractivity contribution >= 4 is 17.9 Å². The fourth-order valence-electron chi connectivity index (χ4n) is 7.90. The molecule has 0 aliphatic rings. The van der Waals surface area contributed by atoms with Crippen molar-refractivity contribution in [2.45, 2.75) is 297 Å². The van der Waals surface area contributed by atoms with Gasteiger partial charge in [-0.05, 0) is 96.3 Å². The minimum atomic E-state index is -0.779. The highest BCUT2D eigenvalue weighted by atomic mass is 16.6. The number of unbranched alkanes of at least 4 members (excludes halogenated alkanes) is 33. The van der Waals surface area contributed by atoms with E-state index < -0.39 is 6.10 Å². The molecule has 6 nitrogen and oxygen atoms in total. The summed E-state index contributed by atoms with van der Waals surface area (Å²) in [5, 5.41) is 0. The van der Waals surface area contributed by atoms with E-state index in [2.05, 4.69) is 57.2 Å². The zero-order valence-electron chi connectivity index (χ0n) is 42.1. The number of hydrogen-bond acceptors (Lipinski definition) is 6. The van der Waals surface area contributed by atoms with Crippen LogP contribution in [-0.4, -0.2) is 37.2 Å². The fourth-order valence-corrected chi connectivity index (χ4v) is 7.90. The largest absolute Gasteiger partial charge is 0.462 e. The van der Waals surface area contributed by atoms with Crippen LogP contribution in [0.25, 0.3) is 0 Å². The molecule has 0 rings (SSSR count). The Morgan fingerprint density at radius 2 is 0.524 bits per heavy atom. The topological polar surface area (TPSA) is 78.9 Å². The fraction of sp³-hybridized carbons (Fsp3) is 0.842. The van der Waals surface area contributed by atoms with Crippen molar-refractivity contribution < 1.29 is 28.6 Å². The number of rotatable bonds is 50. The zero-order chi connectivity index (χ0) is 45.8. The average molecular weight is 885 g/mol. The van der Waals surface area contributed by atoms with Crippen LogP contribution in [0.4, 0.5) is 0 Å². The molecule has 0 spiro atoms. The summed E-state index contributed by atoms with van der Waals surface area (Å²) in [4.78, 5) is 38.0. The smallest absolute Gasteiger partial charge is 0.306 e. The molecule has 0 amide bonds. The molecule has 1 atom stereocenters. The molecular formula is C57H104O6. The summed E-state index contributed by atoms with van der Waals surface area (Å²) >= 11 is 0. The second kappa shape index (κ2) is 52.3. The van der Waals surface area contributed by atoms with Gasteiger partial charge in [-0.3, -0.25) is 14.4 Å². The Labute approximate surface area is 391 Å². The first kappa shape index (κ1) is 60.6. The summed E-state index contributed by atoms with van der Waals surface area (Å²) in [7, 11) is 0. The zero-order valence-corrected chi connectivity index (χ0v) is 42.1. The number of esters is 3. The van der Waals surface area contributed by atoms with Crippen LogP contribution in [0.2, 0.25) is 0 Å². The molecule has 0 heterocycles. The molecule has 0 aromatic carbocycles. The summed E-state index contributed by atoms with van der Waals surface area (Å²) < 4.78 is 16.8. The van der Waals surface area contributed by atoms with E-state index >= 15 is 0 Å². The van der Waals surface area contributed by atoms with Crippen molar-refractivity contribution in [1.29, 1.82) is 0 Å². The second-order valence-corrected chi connectivity index (χ2v) is 18.5. The van der Waals surface area contributed by atoms with Gasteiger partial charge in [-0.2, -0.15) is 0 Å². The molecule has 6 heteroatoms. The Morgan fingerprint density at radius 3 is 0.810 bits per heavy atom. The molecule has 0 fully saturated rings. The maximum absolute atomic E-state index is 12.8. The molecule has 0 aromatic rings. The molecule has 63 heavy (non-hydrogen) atoms. The van der Waals surface area contributed by atoms with Gasteiger partial charge in [0.2, 0.25) is 0 Å². The highest BCUT2D eigenvalue weighted by molar-refractivity contribution is 5.71. The minimum absolute atomic E-state index is 0.0786. The summed E-state index contributed by atoms with van der Waals surface area (Å²) in [5.41, 5.74) is 0. The maximum Gasteiger partial charge on any atom is 0.306 e. The summed E-state index contributed by atoms with van der Waals surface area (Å²) in [6, 6.07) is 0. The molecule has 0 aromatic heterocycles. The van der Waals surface area contributed by atoms with E-state index in [4.69, 9.17) is 14.2 Å². The van der Waals surface area contributed by atoms with E-state index in [-0.39, 0.29) is 31.1 Å². The third kappa shape index (κ3) is 50.5. The van der Waals surface area contributed by atoms with Crippen LogP contribution in [0.15, 0.2) is 36.5 Å². The molecular weight excluding hydrogens is 781 g/mol. The van der Waals surface area contributed by atoms with Crippen molar-refractivity contribution in [1.82, 2.24) is 0 Å². The van der Waals surface area contributed by atoms with Crippen molar-refractivity contribution in [2.75, 3.05) is 13.2 Å². The number of allylic oxidation sites excluding steroid dienone is 6. The van der Waals surface area contributed by atoms with Crippen molar-refractivity contribution in [3.8, 4) is 0 Å². The van der Waals surface area contributed by atoms with Gasteiger partial charge >= 0.3 is 17.9 Å². The van der Waals surface area contributed by atoms with Gasteiger partial charge in [-0.1, -0.05) is 211 Å². The third-order valence-corrected chi connectivity index (χ3v) is 12.1. The van der Waals surface area contributed by atoms with Crippen LogP contribution in [0.3, 0.4) is 0 Å². The molecule has 0 radical (unpaired) electrons. The first-order chi connectivity index (χ1) is 31.0. The molecule has 0 saturated carbocycles. The van der Waals surface area contributed by atoms with E-state index in [1.807, 2.05) is 0 Å². The first-order valence-electron chi connectivity index (χ1n) is 27.5. The van der Waals surface area contributed by atoms with Crippen LogP contribution in [0.5, 0.6) is 0 Å². The van der Waals surface area contributed by atoms with Gasteiger partial charge in [0, 0.05) is 19.3 Å². The number of hydrogen-bond donors (Lipinski definition) is 0. The molecule has 0 N–H and O–H groups in total. The second-order valence-electron chi connectivity index (χ2n) is 18.5. The van der Waals surface area contributed by atoms with Crippen LogP contribution < -0.4 is 0 Å². The van der Waals surface area contributed by atoms with E-state index in [9.17, 15) is 14.4 Å². The summed E-state index contributed by atoms with van der Waals surface area (Å²) in [6.45, 7) is 6.62. The van der Waals surface area contributed by atoms with Gasteiger partial charge in [0.1, 0.15) is 13.2 Å². The summed E-state index contributed by atoms with van der Waals surface area (Å²) in [5.74, 6) is -0.888. The Hall–Kier alpha value is -2.37. The molecule has 0 bridgehead atoms. The van der Waals surface area contributed by atoms with Crippen molar-refractivity contribution in [3.63, 3.8) is 0 Å². The Morgan fingerprint density at radius 1 is 0.302 bits per heavy atom. The Balaban J connectivity index is 4.39. The predicted octanol–water partition coefficient (Wildman–Crippen LogP) is 18.1. The summed E-state index contributed by atoms with van der Waals surface area (Å²) in [6.07, 6.45) is 61.2. The molecule has 0 unspecified atom stereocenters. The van der Waals surface area contributed by atoms with Crippen LogP contribution in [-0.2, 0) is 28.6 Å². The van der Waals surface area contributed by atoms with Gasteiger partial charge in [-0.25, -0.2) is 0 Å². The van der Waals surface area contributed by atoms with Crippen molar-refractivity contribution in [3.05, 3.63) is 36.5 Å². The van der Waals surface area contributed by atoms with E-state index in [0.717, 1.165) is 70.6 Å². The van der Waals surface area contributed by atoms with E-state index in [1.165, 1.54) is 180 Å². The van der Waals surface area contributed by atoms with Crippen LogP contribution >= 0.6 is 0 Å². The minimum Gasteiger partial charge on any atom is -0.462 e. The lowest BCUT2D eigenvalue weighted by molar-refractivity contribution is -0.167. The highest BCUT2D eigenvalue weighted by Crippen LogP contribution is 2.15. The Kier molecular flexibility index (Phi) is 50.3. The number of carbonyl (C=O) groups is 3. The normalized spacial score (nSPS) is 12.2. The van der Waals surface area contributed by atoms with Gasteiger partial charge in [0.15, 0.2) is 6.10 Å². The standard InChI is InChI=1S/C57H104O6/c1-4-7-10-13-16-19-22-25-28-31-34-37-40-43-46-49-55(58)61-52-54(63-57(60)51-48-45-42-39-36-33-30-27-24-21-18-15-12-9-6-3)53-62-56(59)50-47-44-41-38-35-32-29-26-23-20-17-14-11-8-5-2/h19,22,26-27,29-30,54H,4-18,20-21,23-25,28,31-53H2,1-3H3/b22-19-,29-26-,30-27-/t54-/m0/s1. The molecule has 0 aliphatic heterocycles. The lowest BCUT2D eigenvalue weighted by Gasteiger charge is -2.18. The number of carbonyl (C=O) groups excluding carboxylic acids is 3. The average Bonchev–Trinajstić information content (AvgIpc) is 3.28. The predicted molar refractivity (Wildman–Crippen MR) is 270 cm³/mol. The molecule has 0 saturated heterocycles. The highest BCUT2D eigenvalue weighted by Gasteiger charge is 2.19. The molecule has 0 aliphatic carbocycles. The quantitative estimate of drug-likeness (QED) is 0.0262. The lowest BCUT2D eigenvalue weighted by Crippen LogP contribution is -2.30. The van der Waals surface area contributed by atoms with Gasteiger partial charge in [0.05, 0.1) is 0 Å². The third-order valence-electron chi connectivity index (χ3n) is 12.1. The first-order valence-corrected chi connectivity index (χ1v) is 27.5. The van der Waals surface area contributed by atoms with E-state index in [1.54, 1.807) is 0 Å². The lowest BCUT2D eigenvalue weighted by atomic mass is 10.1. The van der Waals surface area contributed by atoms with Crippen molar-refractivity contribution in [2.24, 2.45) is 0 Å². The van der Waals surface area contributed by atoms with Gasteiger partial charge in [-0.15, -0.1) is 0 Å². The van der Waals surface area contributed by atoms with Gasteiger partial charge < -0.3 is 14.2 Å². The SMILES string of the molecule is CCCCCC/C=C\CCCCCCCCCC(=O)OC[C@@H](COC(=O)CCCCCCC/C=C\CCCCCCCC)OC(=O)CCCCCCC/C=C\CCCCCCCC. The molecule has 368 valence electrons. The number of ether oxygens (including phenoxy) is 3. The van der Waals surface area contributed by atoms with Crippen LogP contribution in [0.1, 0.15) is 290 Å². The van der Waals surface area contributed by atoms with Crippen LogP contribution in [0, 0.1) is 0 Å². The van der Waals surface area contributed by atoms with Gasteiger partial charge in [0.25, 0.3) is 0 Å². The van der Waals surface area contributed by atoms with E-state index in [0.29, 0.717) is 19.3 Å². The maximum atomic E-state index is 12.8. The monoisotopic (exact) mass is 885 g/mol. The Bertz CT molecular complexity index is 1060.